The zero-order chi connectivity index (χ0) is 55.8. The number of fused-ring (bicyclic) bond motifs is 14. The predicted molar refractivity (Wildman–Crippen MR) is 323 cm³/mol. The minimum atomic E-state index is -4.72. The second kappa shape index (κ2) is 18.4. The molecule has 0 atom stereocenters. The first-order valence-electron chi connectivity index (χ1n) is 27.5. The molecule has 0 aliphatic heterocycles. The third-order valence-electron chi connectivity index (χ3n) is 16.7. The van der Waals surface area contributed by atoms with Crippen LogP contribution in [0.15, 0.2) is 231 Å². The zero-order valence-electron chi connectivity index (χ0n) is 44.4. The number of hydrogen-bond acceptors (Lipinski definition) is 0. The van der Waals surface area contributed by atoms with Gasteiger partial charge in [-0.05, 0) is 114 Å². The topological polar surface area (TPSA) is 19.7 Å². The molecule has 0 unspecified atom stereocenters. The number of hydrogen-bond donors (Lipinski definition) is 0. The summed E-state index contributed by atoms with van der Waals surface area (Å²) in [5.41, 5.74) is 11.6. The van der Waals surface area contributed by atoms with Crippen molar-refractivity contribution in [3.63, 3.8) is 0 Å². The van der Waals surface area contributed by atoms with E-state index < -0.39 is 23.5 Å². The van der Waals surface area contributed by atoms with Crippen LogP contribution in [0.1, 0.15) is 36.1 Å². The number of nitrogens with zero attached hydrogens (tertiary/aromatic N) is 4. The Labute approximate surface area is 466 Å². The molecule has 0 aliphatic carbocycles. The highest BCUT2D eigenvalue weighted by Crippen LogP contribution is 2.53. The second-order valence-corrected chi connectivity index (χ2v) is 21.1. The zero-order valence-corrected chi connectivity index (χ0v) is 44.4. The van der Waals surface area contributed by atoms with Crippen molar-refractivity contribution in [2.45, 2.75) is 39.0 Å². The molecule has 0 N–H and O–H groups in total. The van der Waals surface area contributed by atoms with Gasteiger partial charge in [0.1, 0.15) is 0 Å². The van der Waals surface area contributed by atoms with Crippen LogP contribution in [0.25, 0.3) is 132 Å². The van der Waals surface area contributed by atoms with Crippen molar-refractivity contribution in [1.29, 1.82) is 0 Å². The molecule has 0 fully saturated rings. The highest BCUT2D eigenvalue weighted by molar-refractivity contribution is 6.28. The van der Waals surface area contributed by atoms with Crippen molar-refractivity contribution < 1.29 is 26.3 Å². The lowest BCUT2D eigenvalue weighted by Crippen LogP contribution is -2.14. The predicted octanol–water partition coefficient (Wildman–Crippen LogP) is 20.6. The van der Waals surface area contributed by atoms with Crippen molar-refractivity contribution >= 4 is 87.2 Å². The molecule has 10 heteroatoms. The van der Waals surface area contributed by atoms with E-state index >= 15 is 26.3 Å². The van der Waals surface area contributed by atoms with Gasteiger partial charge in [0.2, 0.25) is 0 Å². The summed E-state index contributed by atoms with van der Waals surface area (Å²) in [4.78, 5) is 0. The highest BCUT2D eigenvalue weighted by Gasteiger charge is 2.36. The van der Waals surface area contributed by atoms with Crippen molar-refractivity contribution in [2.24, 2.45) is 0 Å². The van der Waals surface area contributed by atoms with Crippen molar-refractivity contribution in [1.82, 2.24) is 18.3 Å². The van der Waals surface area contributed by atoms with Gasteiger partial charge in [0.05, 0.1) is 66.6 Å². The van der Waals surface area contributed by atoms with Crippen LogP contribution < -0.4 is 0 Å². The van der Waals surface area contributed by atoms with Crippen LogP contribution in [0.4, 0.5) is 26.3 Å². The third kappa shape index (κ3) is 7.19. The van der Waals surface area contributed by atoms with Crippen LogP contribution in [0, 0.1) is 0 Å². The molecule has 398 valence electrons. The van der Waals surface area contributed by atoms with E-state index in [1.165, 1.54) is 24.3 Å². The first-order chi connectivity index (χ1) is 39.9. The van der Waals surface area contributed by atoms with Gasteiger partial charge in [0.25, 0.3) is 0 Å². The van der Waals surface area contributed by atoms with Gasteiger partial charge in [-0.15, -0.1) is 0 Å². The van der Waals surface area contributed by atoms with E-state index in [4.69, 9.17) is 0 Å². The van der Waals surface area contributed by atoms with Gasteiger partial charge in [-0.25, -0.2) is 0 Å². The quantitative estimate of drug-likeness (QED) is 0.135. The van der Waals surface area contributed by atoms with E-state index in [1.54, 1.807) is 12.1 Å². The average molecular weight is 1080 g/mol. The summed E-state index contributed by atoms with van der Waals surface area (Å²) in [5.74, 6) is 0. The Morgan fingerprint density at radius 3 is 1.04 bits per heavy atom. The number of rotatable bonds is 8. The molecule has 0 saturated heterocycles. The number of benzene rings is 11. The van der Waals surface area contributed by atoms with E-state index in [2.05, 4.69) is 122 Å². The monoisotopic (exact) mass is 1080 g/mol. The lowest BCUT2D eigenvalue weighted by molar-refractivity contribution is -0.138. The summed E-state index contributed by atoms with van der Waals surface area (Å²) in [5, 5.41) is 7.58. The molecule has 0 saturated carbocycles. The van der Waals surface area contributed by atoms with Crippen molar-refractivity contribution in [2.75, 3.05) is 0 Å². The fraction of sp³-hybridized carbons (Fsp3) is 0.0833. The molecule has 0 spiro atoms. The van der Waals surface area contributed by atoms with Crippen LogP contribution in [0.5, 0.6) is 0 Å². The van der Waals surface area contributed by atoms with Gasteiger partial charge in [-0.3, -0.25) is 0 Å². The molecule has 11 aromatic carbocycles. The van der Waals surface area contributed by atoms with Crippen molar-refractivity contribution in [3.05, 3.63) is 253 Å². The first-order valence-corrected chi connectivity index (χ1v) is 27.5. The van der Waals surface area contributed by atoms with Crippen LogP contribution in [-0.4, -0.2) is 18.3 Å². The third-order valence-corrected chi connectivity index (χ3v) is 16.7. The Balaban J connectivity index is 1.23. The molecule has 15 rings (SSSR count). The van der Waals surface area contributed by atoms with E-state index in [0.717, 1.165) is 116 Å². The summed E-state index contributed by atoms with van der Waals surface area (Å²) in [6.45, 7) is 4.01. The van der Waals surface area contributed by atoms with Gasteiger partial charge in [0, 0.05) is 71.2 Å². The number of alkyl halides is 6. The Bertz CT molecular complexity index is 4780. The Morgan fingerprint density at radius 1 is 0.305 bits per heavy atom. The fourth-order valence-corrected chi connectivity index (χ4v) is 13.5. The number of aromatic nitrogens is 4. The van der Waals surface area contributed by atoms with Crippen molar-refractivity contribution in [3.8, 4) is 45.0 Å². The maximum absolute atomic E-state index is 15.3. The summed E-state index contributed by atoms with van der Waals surface area (Å²) in [6, 6.07) is 72.8. The molecular formula is C72H48F6N4. The van der Waals surface area contributed by atoms with E-state index in [0.29, 0.717) is 34.5 Å². The van der Waals surface area contributed by atoms with Gasteiger partial charge in [-0.1, -0.05) is 159 Å². The minimum absolute atomic E-state index is 0.223. The Hall–Kier alpha value is -9.80. The normalized spacial score (nSPS) is 12.5. The minimum Gasteiger partial charge on any atom is -0.309 e. The van der Waals surface area contributed by atoms with Crippen LogP contribution in [0.2, 0.25) is 0 Å². The highest BCUT2D eigenvalue weighted by atomic mass is 19.4. The molecule has 0 radical (unpaired) electrons. The van der Waals surface area contributed by atoms with E-state index in [1.807, 2.05) is 91.9 Å². The molecule has 0 amide bonds. The summed E-state index contributed by atoms with van der Waals surface area (Å²) in [6.07, 6.45) is -8.91. The van der Waals surface area contributed by atoms with Gasteiger partial charge < -0.3 is 18.3 Å². The number of para-hydroxylation sites is 6. The second-order valence-electron chi connectivity index (χ2n) is 21.1. The average Bonchev–Trinajstić information content (AvgIpc) is 2.08. The molecule has 0 bridgehead atoms. The Morgan fingerprint density at radius 2 is 0.659 bits per heavy atom. The lowest BCUT2D eigenvalue weighted by atomic mass is 9.83. The van der Waals surface area contributed by atoms with E-state index in [-0.39, 0.29) is 17.5 Å². The fourth-order valence-electron chi connectivity index (χ4n) is 13.5. The van der Waals surface area contributed by atoms with Crippen LogP contribution in [0.3, 0.4) is 0 Å². The van der Waals surface area contributed by atoms with Gasteiger partial charge >= 0.3 is 12.4 Å². The van der Waals surface area contributed by atoms with Crippen LogP contribution >= 0.6 is 0 Å². The Kier molecular flexibility index (Phi) is 11.0. The first kappa shape index (κ1) is 49.3. The van der Waals surface area contributed by atoms with Gasteiger partial charge in [-0.2, -0.15) is 26.3 Å². The van der Waals surface area contributed by atoms with Gasteiger partial charge in [0.15, 0.2) is 0 Å². The molecule has 15 aromatic rings. The van der Waals surface area contributed by atoms with Crippen LogP contribution in [-0.2, 0) is 25.2 Å². The van der Waals surface area contributed by atoms with E-state index in [9.17, 15) is 0 Å². The molecular weight excluding hydrogens is 1030 g/mol. The molecule has 82 heavy (non-hydrogen) atoms. The lowest BCUT2D eigenvalue weighted by Gasteiger charge is -2.30. The maximum atomic E-state index is 15.3. The molecule has 4 heterocycles. The molecule has 0 aliphatic rings. The maximum Gasteiger partial charge on any atom is 0.416 e. The molecule has 4 nitrogen and oxygen atoms in total. The summed E-state index contributed by atoms with van der Waals surface area (Å²) >= 11 is 0. The smallest absolute Gasteiger partial charge is 0.309 e. The molecule has 4 aromatic heterocycles. The number of halogens is 6. The SMILES string of the molecule is CCc1c(-c2cccc(C(F)(F)F)c2)c(-n2c3ccccc3c3ccc4c(c5ccccc5n4-c4ccccc4)c32)c(CC)c(-n2c3ccccc3c3ccc4c(c5ccccc5n4-c4ccccc4)c32)c1-c1cccc(C(F)(F)F)c1. The summed E-state index contributed by atoms with van der Waals surface area (Å²) in [7, 11) is 0. The summed E-state index contributed by atoms with van der Waals surface area (Å²) < 4.78 is 101. The standard InChI is InChI=1S/C72H48F6N4/c1-3-49-63(43-21-19-23-45(41-43)71(73,74)75)67(81-57-33-15-11-29-51(57)53-37-39-61-65(69(53)81)55-31-13-17-35-59(55)79(61)47-25-7-5-8-26-47)50(4-2)68(64(49)44-22-20-24-46(42-44)72(76,77)78)82-58-34-16-12-30-52(58)54-38-40-62-66(70(54)82)56-32-14-18-36-60(56)80(62)48-27-9-6-10-28-48/h5-42H,3-4H2,1-2H3. The largest absolute Gasteiger partial charge is 0.416 e.